The molecule has 2 aromatic rings. The molecule has 0 heterocycles. The van der Waals surface area contributed by atoms with Crippen molar-refractivity contribution in [1.29, 1.82) is 5.26 Å². The molecule has 0 aromatic heterocycles. The minimum Gasteiger partial charge on any atom is -0.508 e. The second kappa shape index (κ2) is 6.03. The molecule has 86 valence electrons. The third kappa shape index (κ3) is 3.76. The smallest absolute Gasteiger partial charge is 0.283 e. The third-order valence-corrected chi connectivity index (χ3v) is 2.07. The lowest BCUT2D eigenvalue weighted by Gasteiger charge is -2.01. The fraction of sp³-hybridized carbons (Fsp3) is 0. The summed E-state index contributed by atoms with van der Waals surface area (Å²) < 4.78 is 0. The van der Waals surface area contributed by atoms with Gasteiger partial charge in [-0.3, -0.25) is 0 Å². The van der Waals surface area contributed by atoms with E-state index >= 15 is 0 Å². The minimum absolute atomic E-state index is 0.257. The first-order valence-electron chi connectivity index (χ1n) is 4.79. The molecule has 0 atom stereocenters. The highest BCUT2D eigenvalue weighted by Crippen LogP contribution is 2.23. The molecule has 0 aliphatic rings. The van der Waals surface area contributed by atoms with Crippen LogP contribution < -0.4 is 0 Å². The quantitative estimate of drug-likeness (QED) is 0.656. The van der Waals surface area contributed by atoms with E-state index in [1.54, 1.807) is 24.3 Å². The number of benzene rings is 2. The van der Waals surface area contributed by atoms with E-state index in [0.717, 1.165) is 17.4 Å². The van der Waals surface area contributed by atoms with E-state index in [2.05, 4.69) is 0 Å². The maximum Gasteiger partial charge on any atom is 0.283 e. The first kappa shape index (κ1) is 12.4. The van der Waals surface area contributed by atoms with Gasteiger partial charge in [-0.1, -0.05) is 24.3 Å². The Bertz CT molecular complexity index is 454. The molecule has 3 N–H and O–H groups in total. The molecule has 17 heavy (non-hydrogen) atoms. The number of aliphatic hydroxyl groups excluding tert-OH is 1. The van der Waals surface area contributed by atoms with Crippen molar-refractivity contribution in [3.05, 3.63) is 48.5 Å². The van der Waals surface area contributed by atoms with Gasteiger partial charge in [0.05, 0.1) is 0 Å². The van der Waals surface area contributed by atoms with Crippen molar-refractivity contribution >= 4 is 0 Å². The number of rotatable bonds is 1. The Kier molecular flexibility index (Phi) is 4.40. The molecule has 2 rings (SSSR count). The van der Waals surface area contributed by atoms with Crippen LogP contribution in [0.3, 0.4) is 0 Å². The van der Waals surface area contributed by atoms with Gasteiger partial charge in [-0.15, -0.1) is 0 Å². The number of aromatic hydroxyl groups is 2. The summed E-state index contributed by atoms with van der Waals surface area (Å²) in [4.78, 5) is 0. The maximum absolute atomic E-state index is 9.11. The van der Waals surface area contributed by atoms with Gasteiger partial charge in [0.25, 0.3) is 6.26 Å². The predicted octanol–water partition coefficient (Wildman–Crippen LogP) is 2.60. The molecule has 0 aliphatic heterocycles. The summed E-state index contributed by atoms with van der Waals surface area (Å²) in [6, 6.07) is 13.9. The van der Waals surface area contributed by atoms with Crippen molar-refractivity contribution in [2.45, 2.75) is 0 Å². The number of phenolic OH excluding ortho intramolecular Hbond substituents is 2. The van der Waals surface area contributed by atoms with Gasteiger partial charge in [-0.25, -0.2) is 0 Å². The second-order valence-electron chi connectivity index (χ2n) is 3.19. The lowest BCUT2D eigenvalue weighted by molar-refractivity contribution is 0.474. The van der Waals surface area contributed by atoms with Crippen LogP contribution in [0.25, 0.3) is 11.1 Å². The first-order chi connectivity index (χ1) is 8.17. The number of aliphatic hydroxyl groups is 1. The van der Waals surface area contributed by atoms with Crippen molar-refractivity contribution in [1.82, 2.24) is 0 Å². The Morgan fingerprint density at radius 2 is 0.941 bits per heavy atom. The van der Waals surface area contributed by atoms with Crippen LogP contribution in [0.1, 0.15) is 0 Å². The summed E-state index contributed by atoms with van der Waals surface area (Å²) in [5.41, 5.74) is 2.03. The van der Waals surface area contributed by atoms with Gasteiger partial charge in [-0.2, -0.15) is 5.26 Å². The first-order valence-corrected chi connectivity index (χ1v) is 4.79. The molecule has 0 fully saturated rings. The van der Waals surface area contributed by atoms with Crippen LogP contribution in [0.5, 0.6) is 11.5 Å². The van der Waals surface area contributed by atoms with Gasteiger partial charge in [0.15, 0.2) is 0 Å². The van der Waals surface area contributed by atoms with E-state index in [1.807, 2.05) is 24.3 Å². The van der Waals surface area contributed by atoms with E-state index in [1.165, 1.54) is 0 Å². The van der Waals surface area contributed by atoms with E-state index in [4.69, 9.17) is 20.6 Å². The lowest BCUT2D eigenvalue weighted by atomic mass is 10.1. The molecule has 0 saturated heterocycles. The molecule has 0 aliphatic carbocycles. The fourth-order valence-corrected chi connectivity index (χ4v) is 1.31. The zero-order valence-electron chi connectivity index (χ0n) is 8.91. The molecular weight excluding hydrogens is 218 g/mol. The number of phenols is 2. The van der Waals surface area contributed by atoms with Crippen LogP contribution in [0.4, 0.5) is 0 Å². The summed E-state index contributed by atoms with van der Waals surface area (Å²) in [6.45, 7) is 0. The average Bonchev–Trinajstić information content (AvgIpc) is 2.32. The highest BCUT2D eigenvalue weighted by atomic mass is 16.3. The van der Waals surface area contributed by atoms with Crippen LogP contribution in [0, 0.1) is 11.5 Å². The van der Waals surface area contributed by atoms with Crippen LogP contribution in [-0.2, 0) is 0 Å². The largest absolute Gasteiger partial charge is 0.508 e. The standard InChI is InChI=1S/C12H10O2.CHNO/c13-11-5-1-9(2-6-11)10-3-7-12(14)8-4-10;2-1-3/h1-8,13-14H;3H. The fourth-order valence-electron chi connectivity index (χ4n) is 1.31. The van der Waals surface area contributed by atoms with Gasteiger partial charge < -0.3 is 15.3 Å². The van der Waals surface area contributed by atoms with Crippen LogP contribution in [0.2, 0.25) is 0 Å². The Balaban J connectivity index is 0.000000437. The predicted molar refractivity (Wildman–Crippen MR) is 62.8 cm³/mol. The topological polar surface area (TPSA) is 84.5 Å². The lowest BCUT2D eigenvalue weighted by Crippen LogP contribution is -1.75. The molecule has 0 radical (unpaired) electrons. The molecule has 0 spiro atoms. The van der Waals surface area contributed by atoms with E-state index < -0.39 is 0 Å². The zero-order valence-corrected chi connectivity index (χ0v) is 8.91. The normalized spacial score (nSPS) is 8.65. The van der Waals surface area contributed by atoms with E-state index in [-0.39, 0.29) is 11.5 Å². The van der Waals surface area contributed by atoms with Gasteiger partial charge in [-0.05, 0) is 35.4 Å². The maximum atomic E-state index is 9.11. The van der Waals surface area contributed by atoms with Gasteiger partial charge in [0.1, 0.15) is 11.5 Å². The Hall–Kier alpha value is -2.67. The zero-order chi connectivity index (χ0) is 12.7. The summed E-state index contributed by atoms with van der Waals surface area (Å²) in [5, 5.41) is 32.0. The molecule has 0 saturated carbocycles. The van der Waals surface area contributed by atoms with Gasteiger partial charge in [0, 0.05) is 0 Å². The van der Waals surface area contributed by atoms with Crippen LogP contribution >= 0.6 is 0 Å². The Morgan fingerprint density at radius 1 is 0.706 bits per heavy atom. The Labute approximate surface area is 98.6 Å². The van der Waals surface area contributed by atoms with E-state index in [0.29, 0.717) is 0 Å². The highest BCUT2D eigenvalue weighted by Gasteiger charge is 1.96. The molecular formula is C13H11NO3. The van der Waals surface area contributed by atoms with Gasteiger partial charge >= 0.3 is 0 Å². The molecule has 0 unspecified atom stereocenters. The number of nitriles is 1. The van der Waals surface area contributed by atoms with Gasteiger partial charge in [0.2, 0.25) is 0 Å². The SMILES string of the molecule is N#CO.Oc1ccc(-c2ccc(O)cc2)cc1. The average molecular weight is 229 g/mol. The van der Waals surface area contributed by atoms with Crippen LogP contribution in [0.15, 0.2) is 48.5 Å². The number of hydrogen-bond acceptors (Lipinski definition) is 4. The monoisotopic (exact) mass is 229 g/mol. The second-order valence-corrected chi connectivity index (χ2v) is 3.19. The minimum atomic E-state index is 0.257. The van der Waals surface area contributed by atoms with Crippen molar-refractivity contribution in [3.63, 3.8) is 0 Å². The highest BCUT2D eigenvalue weighted by molar-refractivity contribution is 5.64. The summed E-state index contributed by atoms with van der Waals surface area (Å²) in [7, 11) is 0. The molecule has 4 heteroatoms. The summed E-state index contributed by atoms with van der Waals surface area (Å²) >= 11 is 0. The van der Waals surface area contributed by atoms with Crippen molar-refractivity contribution in [3.8, 4) is 28.9 Å². The molecule has 2 aromatic carbocycles. The van der Waals surface area contributed by atoms with Crippen LogP contribution in [-0.4, -0.2) is 15.3 Å². The van der Waals surface area contributed by atoms with Crippen molar-refractivity contribution < 1.29 is 15.3 Å². The summed E-state index contributed by atoms with van der Waals surface area (Å²) in [6.07, 6.45) is 0.750. The van der Waals surface area contributed by atoms with Crippen molar-refractivity contribution in [2.75, 3.05) is 0 Å². The third-order valence-electron chi connectivity index (χ3n) is 2.07. The summed E-state index contributed by atoms with van der Waals surface area (Å²) in [5.74, 6) is 0.514. The number of nitrogens with zero attached hydrogens (tertiary/aromatic N) is 1. The molecule has 0 amide bonds. The Morgan fingerprint density at radius 3 is 1.18 bits per heavy atom. The van der Waals surface area contributed by atoms with Crippen molar-refractivity contribution in [2.24, 2.45) is 0 Å². The molecule has 4 nitrogen and oxygen atoms in total. The number of hydrogen-bond donors (Lipinski definition) is 3. The van der Waals surface area contributed by atoms with E-state index in [9.17, 15) is 0 Å². The molecule has 0 bridgehead atoms.